The van der Waals surface area contributed by atoms with Gasteiger partial charge in [0.25, 0.3) is 0 Å². The Morgan fingerprint density at radius 3 is 2.90 bits per heavy atom. The second-order valence-electron chi connectivity index (χ2n) is 5.28. The lowest BCUT2D eigenvalue weighted by Gasteiger charge is -2.25. The van der Waals surface area contributed by atoms with Gasteiger partial charge >= 0.3 is 0 Å². The molecule has 1 N–H and O–H groups in total. The maximum absolute atomic E-state index is 5.71. The van der Waals surface area contributed by atoms with Crippen molar-refractivity contribution in [1.29, 1.82) is 0 Å². The zero-order valence-corrected chi connectivity index (χ0v) is 12.5. The van der Waals surface area contributed by atoms with E-state index in [-0.39, 0.29) is 0 Å². The SMILES string of the molecule is CCCNCc1cncc(OCCN2CCCCC2)n1. The van der Waals surface area contributed by atoms with Crippen molar-refractivity contribution in [2.75, 3.05) is 32.8 Å². The highest BCUT2D eigenvalue weighted by Crippen LogP contribution is 2.09. The average molecular weight is 278 g/mol. The van der Waals surface area contributed by atoms with Crippen LogP contribution in [0.3, 0.4) is 0 Å². The Kier molecular flexibility index (Phi) is 6.74. The standard InChI is InChI=1S/C15H26N4O/c1-2-6-16-11-14-12-17-13-15(18-14)20-10-9-19-7-4-3-5-8-19/h12-13,16H,2-11H2,1H3. The molecule has 1 aliphatic heterocycles. The van der Waals surface area contributed by atoms with Crippen LogP contribution in [-0.2, 0) is 6.54 Å². The van der Waals surface area contributed by atoms with Crippen molar-refractivity contribution < 1.29 is 4.74 Å². The largest absolute Gasteiger partial charge is 0.475 e. The summed E-state index contributed by atoms with van der Waals surface area (Å²) in [6.07, 6.45) is 8.62. The molecule has 1 saturated heterocycles. The molecular weight excluding hydrogens is 252 g/mol. The molecule has 1 aromatic heterocycles. The van der Waals surface area contributed by atoms with Crippen molar-refractivity contribution in [3.8, 4) is 5.88 Å². The summed E-state index contributed by atoms with van der Waals surface area (Å²) in [5.41, 5.74) is 0.939. The van der Waals surface area contributed by atoms with Crippen molar-refractivity contribution in [3.63, 3.8) is 0 Å². The minimum atomic E-state index is 0.637. The molecule has 0 unspecified atom stereocenters. The van der Waals surface area contributed by atoms with E-state index in [9.17, 15) is 0 Å². The second-order valence-corrected chi connectivity index (χ2v) is 5.28. The minimum absolute atomic E-state index is 0.637. The van der Waals surface area contributed by atoms with Crippen LogP contribution in [0.4, 0.5) is 0 Å². The monoisotopic (exact) mass is 278 g/mol. The van der Waals surface area contributed by atoms with E-state index in [4.69, 9.17) is 4.74 Å². The first-order valence-corrected chi connectivity index (χ1v) is 7.75. The van der Waals surface area contributed by atoms with Gasteiger partial charge in [-0.15, -0.1) is 0 Å². The fourth-order valence-electron chi connectivity index (χ4n) is 2.40. The predicted octanol–water partition coefficient (Wildman–Crippen LogP) is 1.84. The molecule has 0 aromatic carbocycles. The summed E-state index contributed by atoms with van der Waals surface area (Å²) in [7, 11) is 0. The highest BCUT2D eigenvalue weighted by molar-refractivity contribution is 5.08. The number of aromatic nitrogens is 2. The van der Waals surface area contributed by atoms with Gasteiger partial charge in [-0.25, -0.2) is 4.98 Å². The first-order valence-electron chi connectivity index (χ1n) is 7.75. The Hall–Kier alpha value is -1.20. The van der Waals surface area contributed by atoms with Crippen molar-refractivity contribution in [2.24, 2.45) is 0 Å². The molecule has 1 aromatic rings. The average Bonchev–Trinajstić information content (AvgIpc) is 2.49. The maximum Gasteiger partial charge on any atom is 0.232 e. The third-order valence-electron chi connectivity index (χ3n) is 3.50. The van der Waals surface area contributed by atoms with Crippen LogP contribution in [0.2, 0.25) is 0 Å². The van der Waals surface area contributed by atoms with E-state index >= 15 is 0 Å². The smallest absolute Gasteiger partial charge is 0.232 e. The van der Waals surface area contributed by atoms with Crippen molar-refractivity contribution in [1.82, 2.24) is 20.2 Å². The van der Waals surface area contributed by atoms with Crippen LogP contribution in [0.15, 0.2) is 12.4 Å². The molecular formula is C15H26N4O. The van der Waals surface area contributed by atoms with Crippen LogP contribution in [0, 0.1) is 0 Å². The van der Waals surface area contributed by atoms with Gasteiger partial charge in [-0.1, -0.05) is 13.3 Å². The summed E-state index contributed by atoms with van der Waals surface area (Å²) in [6, 6.07) is 0. The van der Waals surface area contributed by atoms with Gasteiger partial charge in [-0.05, 0) is 38.9 Å². The molecule has 0 saturated carbocycles. The number of rotatable bonds is 8. The first-order chi connectivity index (χ1) is 9.88. The summed E-state index contributed by atoms with van der Waals surface area (Å²) in [4.78, 5) is 11.1. The zero-order chi connectivity index (χ0) is 14.0. The van der Waals surface area contributed by atoms with Crippen LogP contribution >= 0.6 is 0 Å². The summed E-state index contributed by atoms with van der Waals surface area (Å²) in [6.45, 7) is 8.00. The normalized spacial score (nSPS) is 16.2. The summed E-state index contributed by atoms with van der Waals surface area (Å²) < 4.78 is 5.71. The Balaban J connectivity index is 1.70. The van der Waals surface area contributed by atoms with Gasteiger partial charge in [-0.2, -0.15) is 0 Å². The van der Waals surface area contributed by atoms with E-state index in [0.29, 0.717) is 12.5 Å². The van der Waals surface area contributed by atoms with Crippen molar-refractivity contribution in [3.05, 3.63) is 18.1 Å². The molecule has 1 aliphatic rings. The van der Waals surface area contributed by atoms with Gasteiger partial charge in [0, 0.05) is 19.3 Å². The third kappa shape index (κ3) is 5.43. The molecule has 112 valence electrons. The van der Waals surface area contributed by atoms with Gasteiger partial charge in [-0.3, -0.25) is 9.88 Å². The number of nitrogens with one attached hydrogen (secondary N) is 1. The van der Waals surface area contributed by atoms with E-state index in [1.54, 1.807) is 12.4 Å². The first kappa shape index (κ1) is 15.2. The quantitative estimate of drug-likeness (QED) is 0.735. The third-order valence-corrected chi connectivity index (χ3v) is 3.50. The molecule has 0 aliphatic carbocycles. The van der Waals surface area contributed by atoms with Crippen LogP contribution in [0.5, 0.6) is 5.88 Å². The molecule has 5 nitrogen and oxygen atoms in total. The maximum atomic E-state index is 5.71. The molecule has 0 spiro atoms. The Bertz CT molecular complexity index is 380. The minimum Gasteiger partial charge on any atom is -0.475 e. The summed E-state index contributed by atoms with van der Waals surface area (Å²) >= 11 is 0. The van der Waals surface area contributed by atoms with Gasteiger partial charge in [0.2, 0.25) is 5.88 Å². The number of piperidine rings is 1. The van der Waals surface area contributed by atoms with Gasteiger partial charge in [0.05, 0.1) is 11.9 Å². The van der Waals surface area contributed by atoms with E-state index in [1.165, 1.54) is 32.4 Å². The molecule has 5 heteroatoms. The highest BCUT2D eigenvalue weighted by Gasteiger charge is 2.09. The highest BCUT2D eigenvalue weighted by atomic mass is 16.5. The lowest BCUT2D eigenvalue weighted by Crippen LogP contribution is -2.33. The van der Waals surface area contributed by atoms with E-state index in [1.807, 2.05) is 0 Å². The molecule has 0 bridgehead atoms. The second kappa shape index (κ2) is 8.87. The Morgan fingerprint density at radius 1 is 1.25 bits per heavy atom. The van der Waals surface area contributed by atoms with E-state index < -0.39 is 0 Å². The molecule has 0 radical (unpaired) electrons. The number of hydrogen-bond donors (Lipinski definition) is 1. The number of hydrogen-bond acceptors (Lipinski definition) is 5. The molecule has 2 rings (SSSR count). The Morgan fingerprint density at radius 2 is 2.10 bits per heavy atom. The molecule has 2 heterocycles. The van der Waals surface area contributed by atoms with Gasteiger partial charge in [0.15, 0.2) is 0 Å². The van der Waals surface area contributed by atoms with Crippen molar-refractivity contribution >= 4 is 0 Å². The van der Waals surface area contributed by atoms with Crippen LogP contribution < -0.4 is 10.1 Å². The van der Waals surface area contributed by atoms with Gasteiger partial charge < -0.3 is 10.1 Å². The van der Waals surface area contributed by atoms with E-state index in [0.717, 1.165) is 31.7 Å². The van der Waals surface area contributed by atoms with Gasteiger partial charge in [0.1, 0.15) is 6.61 Å². The lowest BCUT2D eigenvalue weighted by molar-refractivity contribution is 0.180. The molecule has 0 amide bonds. The lowest BCUT2D eigenvalue weighted by atomic mass is 10.1. The fraction of sp³-hybridized carbons (Fsp3) is 0.733. The molecule has 0 atom stereocenters. The van der Waals surface area contributed by atoms with Crippen molar-refractivity contribution in [2.45, 2.75) is 39.2 Å². The molecule has 20 heavy (non-hydrogen) atoms. The van der Waals surface area contributed by atoms with Crippen LogP contribution in [0.1, 0.15) is 38.3 Å². The Labute approximate surface area is 121 Å². The fourth-order valence-corrected chi connectivity index (χ4v) is 2.40. The molecule has 1 fully saturated rings. The number of likely N-dealkylation sites (tertiary alicyclic amines) is 1. The van der Waals surface area contributed by atoms with Crippen LogP contribution in [-0.4, -0.2) is 47.7 Å². The number of ether oxygens (including phenoxy) is 1. The topological polar surface area (TPSA) is 50.3 Å². The summed E-state index contributed by atoms with van der Waals surface area (Å²) in [5.74, 6) is 0.637. The zero-order valence-electron chi connectivity index (χ0n) is 12.5. The van der Waals surface area contributed by atoms with Crippen LogP contribution in [0.25, 0.3) is 0 Å². The number of nitrogens with zero attached hydrogens (tertiary/aromatic N) is 3. The summed E-state index contributed by atoms with van der Waals surface area (Å²) in [5, 5.41) is 3.32. The van der Waals surface area contributed by atoms with E-state index in [2.05, 4.69) is 27.1 Å². The predicted molar refractivity (Wildman–Crippen MR) is 79.8 cm³/mol.